The van der Waals surface area contributed by atoms with E-state index in [4.69, 9.17) is 0 Å². The van der Waals surface area contributed by atoms with Crippen molar-refractivity contribution in [2.45, 2.75) is 31.7 Å². The van der Waals surface area contributed by atoms with Gasteiger partial charge in [0.25, 0.3) is 0 Å². The minimum atomic E-state index is -0.119. The van der Waals surface area contributed by atoms with Crippen molar-refractivity contribution in [1.82, 2.24) is 15.5 Å². The number of nitrogens with zero attached hydrogens (tertiary/aromatic N) is 1. The van der Waals surface area contributed by atoms with E-state index >= 15 is 0 Å². The van der Waals surface area contributed by atoms with Crippen molar-refractivity contribution in [3.8, 4) is 5.75 Å². The number of phenols is 1. The molecular formula is C23H31N3O2. The highest BCUT2D eigenvalue weighted by atomic mass is 16.3. The lowest BCUT2D eigenvalue weighted by Gasteiger charge is -2.28. The summed E-state index contributed by atoms with van der Waals surface area (Å²) >= 11 is 0. The first-order chi connectivity index (χ1) is 13.6. The molecule has 0 unspecified atom stereocenters. The van der Waals surface area contributed by atoms with Crippen molar-refractivity contribution in [1.29, 1.82) is 0 Å². The van der Waals surface area contributed by atoms with Crippen molar-refractivity contribution >= 4 is 6.03 Å². The van der Waals surface area contributed by atoms with Crippen LogP contribution in [0.15, 0.2) is 54.6 Å². The van der Waals surface area contributed by atoms with E-state index in [0.29, 0.717) is 13.1 Å². The molecule has 0 aliphatic heterocycles. The molecule has 1 aliphatic carbocycles. The van der Waals surface area contributed by atoms with Crippen LogP contribution >= 0.6 is 0 Å². The summed E-state index contributed by atoms with van der Waals surface area (Å²) in [5.74, 6) is 1.08. The number of hydrogen-bond acceptors (Lipinski definition) is 3. The predicted octanol–water partition coefficient (Wildman–Crippen LogP) is 3.19. The van der Waals surface area contributed by atoms with Crippen LogP contribution in [0.2, 0.25) is 0 Å². The maximum Gasteiger partial charge on any atom is 0.314 e. The van der Waals surface area contributed by atoms with Gasteiger partial charge in [0, 0.05) is 25.7 Å². The van der Waals surface area contributed by atoms with Crippen LogP contribution in [-0.2, 0) is 12.8 Å². The van der Waals surface area contributed by atoms with Crippen LogP contribution in [-0.4, -0.2) is 48.8 Å². The Labute approximate surface area is 167 Å². The second kappa shape index (κ2) is 10.1. The minimum Gasteiger partial charge on any atom is -0.508 e. The van der Waals surface area contributed by atoms with Gasteiger partial charge in [-0.3, -0.25) is 0 Å². The van der Waals surface area contributed by atoms with Crippen LogP contribution in [0.4, 0.5) is 4.79 Å². The van der Waals surface area contributed by atoms with E-state index in [1.807, 2.05) is 30.3 Å². The van der Waals surface area contributed by atoms with E-state index in [1.165, 1.54) is 18.4 Å². The topological polar surface area (TPSA) is 64.6 Å². The van der Waals surface area contributed by atoms with Gasteiger partial charge in [-0.1, -0.05) is 42.5 Å². The lowest BCUT2D eigenvalue weighted by atomic mass is 10.0. The maximum atomic E-state index is 12.2. The van der Waals surface area contributed by atoms with E-state index in [1.54, 1.807) is 12.1 Å². The van der Waals surface area contributed by atoms with Gasteiger partial charge >= 0.3 is 6.03 Å². The average Bonchev–Trinajstić information content (AvgIpc) is 3.51. The van der Waals surface area contributed by atoms with Crippen molar-refractivity contribution in [2.24, 2.45) is 5.92 Å². The standard InChI is InChI=1S/C23H31N3O2/c1-26(17-20-7-8-20)21(15-19-9-11-22(27)12-10-19)16-25-23(28)24-14-13-18-5-3-2-4-6-18/h2-6,9-12,20-21,27H,7-8,13-17H2,1H3,(H2,24,25,28)/t21-/m0/s1. The molecule has 2 amide bonds. The molecule has 2 aromatic rings. The van der Waals surface area contributed by atoms with Crippen molar-refractivity contribution in [3.63, 3.8) is 0 Å². The molecule has 1 fully saturated rings. The summed E-state index contributed by atoms with van der Waals surface area (Å²) in [5, 5.41) is 15.5. The maximum absolute atomic E-state index is 12.2. The van der Waals surface area contributed by atoms with Gasteiger partial charge < -0.3 is 20.6 Å². The average molecular weight is 382 g/mol. The fourth-order valence-electron chi connectivity index (χ4n) is 3.38. The third-order valence-electron chi connectivity index (χ3n) is 5.31. The molecule has 0 saturated heterocycles. The number of phenolic OH excluding ortho intramolecular Hbond substituents is 1. The molecule has 28 heavy (non-hydrogen) atoms. The highest BCUT2D eigenvalue weighted by Crippen LogP contribution is 2.30. The van der Waals surface area contributed by atoms with E-state index < -0.39 is 0 Å². The van der Waals surface area contributed by atoms with Gasteiger partial charge in [-0.15, -0.1) is 0 Å². The molecule has 5 heteroatoms. The second-order valence-electron chi connectivity index (χ2n) is 7.78. The fraction of sp³-hybridized carbons (Fsp3) is 0.435. The first-order valence-corrected chi connectivity index (χ1v) is 10.1. The SMILES string of the molecule is CN(CC1CC1)[C@H](CNC(=O)NCCc1ccccc1)Cc1ccc(O)cc1. The summed E-state index contributed by atoms with van der Waals surface area (Å²) in [5.41, 5.74) is 2.38. The number of aromatic hydroxyl groups is 1. The Balaban J connectivity index is 1.46. The number of benzene rings is 2. The number of rotatable bonds is 10. The van der Waals surface area contributed by atoms with Crippen LogP contribution in [0.5, 0.6) is 5.75 Å². The van der Waals surface area contributed by atoms with Gasteiger partial charge in [-0.25, -0.2) is 4.79 Å². The molecule has 5 nitrogen and oxygen atoms in total. The van der Waals surface area contributed by atoms with Crippen molar-refractivity contribution in [2.75, 3.05) is 26.7 Å². The Morgan fingerprint density at radius 3 is 2.46 bits per heavy atom. The Morgan fingerprint density at radius 2 is 1.79 bits per heavy atom. The van der Waals surface area contributed by atoms with Crippen molar-refractivity contribution in [3.05, 3.63) is 65.7 Å². The third-order valence-corrected chi connectivity index (χ3v) is 5.31. The summed E-state index contributed by atoms with van der Waals surface area (Å²) in [7, 11) is 2.14. The number of urea groups is 1. The van der Waals surface area contributed by atoms with Gasteiger partial charge in [-0.2, -0.15) is 0 Å². The summed E-state index contributed by atoms with van der Waals surface area (Å²) in [6.45, 7) is 2.29. The Kier molecular flexibility index (Phi) is 7.31. The molecule has 0 bridgehead atoms. The molecule has 0 radical (unpaired) electrons. The first kappa shape index (κ1) is 20.2. The van der Waals surface area contributed by atoms with E-state index in [9.17, 15) is 9.90 Å². The third kappa shape index (κ3) is 6.89. The summed E-state index contributed by atoms with van der Waals surface area (Å²) in [4.78, 5) is 14.6. The van der Waals surface area contributed by atoms with Crippen LogP contribution in [0, 0.1) is 5.92 Å². The molecule has 3 N–H and O–H groups in total. The monoisotopic (exact) mass is 381 g/mol. The second-order valence-corrected chi connectivity index (χ2v) is 7.78. The molecule has 3 rings (SSSR count). The zero-order chi connectivity index (χ0) is 19.8. The minimum absolute atomic E-state index is 0.119. The molecule has 1 aliphatic rings. The Bertz CT molecular complexity index is 729. The van der Waals surface area contributed by atoms with E-state index in [0.717, 1.165) is 30.9 Å². The summed E-state index contributed by atoms with van der Waals surface area (Å²) in [6.07, 6.45) is 4.29. The summed E-state index contributed by atoms with van der Waals surface area (Å²) in [6, 6.07) is 17.6. The van der Waals surface area contributed by atoms with Crippen LogP contribution in [0.25, 0.3) is 0 Å². The number of carbonyl (C=O) groups excluding carboxylic acids is 1. The van der Waals surface area contributed by atoms with Gasteiger partial charge in [0.2, 0.25) is 0 Å². The van der Waals surface area contributed by atoms with E-state index in [-0.39, 0.29) is 17.8 Å². The van der Waals surface area contributed by atoms with Crippen LogP contribution in [0.1, 0.15) is 24.0 Å². The Hall–Kier alpha value is -2.53. The zero-order valence-electron chi connectivity index (χ0n) is 16.6. The van der Waals surface area contributed by atoms with Gasteiger partial charge in [0.1, 0.15) is 5.75 Å². The van der Waals surface area contributed by atoms with Gasteiger partial charge in [0.15, 0.2) is 0 Å². The molecule has 0 aromatic heterocycles. The predicted molar refractivity (Wildman–Crippen MR) is 113 cm³/mol. The Morgan fingerprint density at radius 1 is 1.07 bits per heavy atom. The molecule has 1 saturated carbocycles. The molecule has 0 heterocycles. The van der Waals surface area contributed by atoms with Crippen LogP contribution in [0.3, 0.4) is 0 Å². The number of amides is 2. The molecule has 2 aromatic carbocycles. The molecule has 0 spiro atoms. The highest BCUT2D eigenvalue weighted by molar-refractivity contribution is 5.73. The molecule has 150 valence electrons. The summed E-state index contributed by atoms with van der Waals surface area (Å²) < 4.78 is 0. The number of likely N-dealkylation sites (N-methyl/N-ethyl adjacent to an activating group) is 1. The number of nitrogens with one attached hydrogen (secondary N) is 2. The van der Waals surface area contributed by atoms with E-state index in [2.05, 4.69) is 34.7 Å². The zero-order valence-corrected chi connectivity index (χ0v) is 16.6. The van der Waals surface area contributed by atoms with Gasteiger partial charge in [0.05, 0.1) is 0 Å². The molecule has 1 atom stereocenters. The quantitative estimate of drug-likeness (QED) is 0.592. The van der Waals surface area contributed by atoms with Crippen molar-refractivity contribution < 1.29 is 9.90 Å². The fourth-order valence-corrected chi connectivity index (χ4v) is 3.38. The van der Waals surface area contributed by atoms with Crippen LogP contribution < -0.4 is 10.6 Å². The lowest BCUT2D eigenvalue weighted by molar-refractivity contribution is 0.214. The smallest absolute Gasteiger partial charge is 0.314 e. The lowest BCUT2D eigenvalue weighted by Crippen LogP contribution is -2.47. The first-order valence-electron chi connectivity index (χ1n) is 10.1. The number of hydrogen-bond donors (Lipinski definition) is 3. The number of carbonyl (C=O) groups is 1. The van der Waals surface area contributed by atoms with Gasteiger partial charge in [-0.05, 0) is 61.9 Å². The molecular weight excluding hydrogens is 350 g/mol. The highest BCUT2D eigenvalue weighted by Gasteiger charge is 2.26. The largest absolute Gasteiger partial charge is 0.508 e. The normalized spacial score (nSPS) is 14.6.